The summed E-state index contributed by atoms with van der Waals surface area (Å²) in [4.78, 5) is 35.5. The quantitative estimate of drug-likeness (QED) is 0.809. The van der Waals surface area contributed by atoms with Crippen molar-refractivity contribution < 1.29 is 14.7 Å². The Morgan fingerprint density at radius 2 is 1.84 bits per heavy atom. The van der Waals surface area contributed by atoms with Gasteiger partial charge in [0.1, 0.15) is 6.04 Å². The van der Waals surface area contributed by atoms with Crippen molar-refractivity contribution in [2.75, 3.05) is 0 Å². The molecule has 0 aliphatic carbocycles. The van der Waals surface area contributed by atoms with E-state index in [0.717, 1.165) is 17.5 Å². The molecule has 0 spiro atoms. The second-order valence-electron chi connectivity index (χ2n) is 5.98. The summed E-state index contributed by atoms with van der Waals surface area (Å²) >= 11 is 0. The van der Waals surface area contributed by atoms with E-state index in [1.807, 2.05) is 13.8 Å². The van der Waals surface area contributed by atoms with Crippen molar-refractivity contribution in [2.45, 2.75) is 39.3 Å². The van der Waals surface area contributed by atoms with E-state index in [0.29, 0.717) is 6.42 Å². The number of aromatic nitrogens is 1. The van der Waals surface area contributed by atoms with E-state index in [-0.39, 0.29) is 23.6 Å². The predicted molar refractivity (Wildman–Crippen MR) is 94.6 cm³/mol. The summed E-state index contributed by atoms with van der Waals surface area (Å²) in [5, 5.41) is 11.7. The Bertz CT molecular complexity index is 809. The first-order valence-corrected chi connectivity index (χ1v) is 8.21. The van der Waals surface area contributed by atoms with Gasteiger partial charge in [0, 0.05) is 18.8 Å². The third-order valence-electron chi connectivity index (χ3n) is 3.95. The Morgan fingerprint density at radius 1 is 1.16 bits per heavy atom. The van der Waals surface area contributed by atoms with Crippen molar-refractivity contribution in [1.82, 2.24) is 9.88 Å². The maximum atomic E-state index is 12.6. The highest BCUT2D eigenvalue weighted by atomic mass is 16.4. The van der Waals surface area contributed by atoms with Gasteiger partial charge in [0.05, 0.1) is 5.56 Å². The van der Waals surface area contributed by atoms with Gasteiger partial charge in [-0.25, -0.2) is 4.79 Å². The molecule has 2 aromatic rings. The Balaban J connectivity index is 2.11. The van der Waals surface area contributed by atoms with Crippen LogP contribution in [0.25, 0.3) is 0 Å². The van der Waals surface area contributed by atoms with Crippen molar-refractivity contribution in [3.05, 3.63) is 69.6 Å². The Hall–Kier alpha value is -2.89. The second-order valence-corrected chi connectivity index (χ2v) is 5.98. The summed E-state index contributed by atoms with van der Waals surface area (Å²) in [6, 6.07) is 8.96. The van der Waals surface area contributed by atoms with E-state index < -0.39 is 12.0 Å². The number of carbonyl (C=O) groups excluding carboxylic acids is 1. The van der Waals surface area contributed by atoms with Crippen molar-refractivity contribution in [1.29, 1.82) is 0 Å². The lowest BCUT2D eigenvalue weighted by atomic mass is 10.1. The molecule has 1 aromatic heterocycles. The molecule has 0 aliphatic heterocycles. The number of nitrogens with zero attached hydrogens (tertiary/aromatic N) is 1. The number of aryl methyl sites for hydroxylation is 1. The van der Waals surface area contributed by atoms with Crippen LogP contribution >= 0.6 is 0 Å². The summed E-state index contributed by atoms with van der Waals surface area (Å²) < 4.78 is 1.47. The fourth-order valence-electron chi connectivity index (χ4n) is 2.60. The minimum Gasteiger partial charge on any atom is -0.478 e. The number of carboxylic acid groups (broad SMARTS) is 1. The van der Waals surface area contributed by atoms with Crippen LogP contribution in [0.4, 0.5) is 0 Å². The van der Waals surface area contributed by atoms with Gasteiger partial charge in [0.15, 0.2) is 0 Å². The summed E-state index contributed by atoms with van der Waals surface area (Å²) in [6.07, 6.45) is 3.03. The average molecular weight is 342 g/mol. The van der Waals surface area contributed by atoms with Crippen LogP contribution in [-0.4, -0.2) is 21.6 Å². The second kappa shape index (κ2) is 8.28. The molecule has 1 atom stereocenters. The summed E-state index contributed by atoms with van der Waals surface area (Å²) in [5.41, 5.74) is 1.71. The van der Waals surface area contributed by atoms with Crippen LogP contribution < -0.4 is 10.9 Å². The van der Waals surface area contributed by atoms with E-state index in [2.05, 4.69) is 5.32 Å². The molecule has 6 heteroatoms. The normalized spacial score (nSPS) is 11.8. The monoisotopic (exact) mass is 342 g/mol. The number of carbonyl (C=O) groups is 2. The number of hydrogen-bond acceptors (Lipinski definition) is 3. The van der Waals surface area contributed by atoms with Gasteiger partial charge in [-0.15, -0.1) is 0 Å². The van der Waals surface area contributed by atoms with Crippen LogP contribution in [0, 0.1) is 6.92 Å². The molecule has 0 bridgehead atoms. The van der Waals surface area contributed by atoms with E-state index >= 15 is 0 Å². The maximum absolute atomic E-state index is 12.6. The summed E-state index contributed by atoms with van der Waals surface area (Å²) in [5.74, 6) is -1.21. The van der Waals surface area contributed by atoms with Gasteiger partial charge in [0.2, 0.25) is 5.91 Å². The number of carboxylic acids is 1. The zero-order valence-electron chi connectivity index (χ0n) is 14.4. The fourth-order valence-corrected chi connectivity index (χ4v) is 2.60. The molecule has 2 N–H and O–H groups in total. The first-order valence-electron chi connectivity index (χ1n) is 8.21. The molecule has 2 rings (SSSR count). The van der Waals surface area contributed by atoms with Gasteiger partial charge < -0.3 is 15.0 Å². The van der Waals surface area contributed by atoms with Gasteiger partial charge in [-0.3, -0.25) is 9.59 Å². The first kappa shape index (κ1) is 18.4. The van der Waals surface area contributed by atoms with Crippen molar-refractivity contribution in [3.8, 4) is 0 Å². The van der Waals surface area contributed by atoms with E-state index in [4.69, 9.17) is 5.11 Å². The highest BCUT2D eigenvalue weighted by Gasteiger charge is 2.20. The molecule has 1 heterocycles. The van der Waals surface area contributed by atoms with Crippen LogP contribution in [0.2, 0.25) is 0 Å². The number of pyridine rings is 1. The molecule has 0 fully saturated rings. The number of amides is 1. The summed E-state index contributed by atoms with van der Waals surface area (Å²) in [7, 11) is 0. The third kappa shape index (κ3) is 4.79. The van der Waals surface area contributed by atoms with Gasteiger partial charge in [-0.05, 0) is 36.6 Å². The van der Waals surface area contributed by atoms with Crippen molar-refractivity contribution >= 4 is 11.9 Å². The summed E-state index contributed by atoms with van der Waals surface area (Å²) in [6.45, 7) is 4.12. The molecule has 0 aliphatic rings. The smallest absolute Gasteiger partial charge is 0.335 e. The number of benzene rings is 1. The van der Waals surface area contributed by atoms with Crippen LogP contribution in [0.5, 0.6) is 0 Å². The Labute approximate surface area is 146 Å². The van der Waals surface area contributed by atoms with Crippen LogP contribution in [0.15, 0.2) is 47.4 Å². The molecule has 1 aromatic carbocycles. The maximum Gasteiger partial charge on any atom is 0.335 e. The standard InChI is InChI=1S/C19H22N2O4/c1-3-4-16(21-12-13(2)5-10-17(21)22)18(23)20-11-14-6-8-15(9-7-14)19(24)25/h5-10,12,16H,3-4,11H2,1-2H3,(H,20,23)(H,24,25). The predicted octanol–water partition coefficient (Wildman–Crippen LogP) is 2.51. The zero-order valence-corrected chi connectivity index (χ0v) is 14.4. The van der Waals surface area contributed by atoms with Gasteiger partial charge in [-0.1, -0.05) is 31.5 Å². The fraction of sp³-hybridized carbons (Fsp3) is 0.316. The number of rotatable bonds is 7. The molecular weight excluding hydrogens is 320 g/mol. The van der Waals surface area contributed by atoms with E-state index in [1.165, 1.54) is 22.8 Å². The number of hydrogen-bond donors (Lipinski definition) is 2. The molecule has 0 saturated heterocycles. The molecule has 25 heavy (non-hydrogen) atoms. The molecule has 0 radical (unpaired) electrons. The van der Waals surface area contributed by atoms with Gasteiger partial charge >= 0.3 is 5.97 Å². The molecule has 6 nitrogen and oxygen atoms in total. The van der Waals surface area contributed by atoms with E-state index in [1.54, 1.807) is 24.4 Å². The average Bonchev–Trinajstić information content (AvgIpc) is 2.60. The lowest BCUT2D eigenvalue weighted by Gasteiger charge is -2.19. The van der Waals surface area contributed by atoms with Crippen LogP contribution in [-0.2, 0) is 11.3 Å². The van der Waals surface area contributed by atoms with Gasteiger partial charge in [-0.2, -0.15) is 0 Å². The zero-order chi connectivity index (χ0) is 18.4. The number of nitrogens with one attached hydrogen (secondary N) is 1. The lowest BCUT2D eigenvalue weighted by Crippen LogP contribution is -2.36. The third-order valence-corrected chi connectivity index (χ3v) is 3.95. The van der Waals surface area contributed by atoms with Crippen molar-refractivity contribution in [2.24, 2.45) is 0 Å². The van der Waals surface area contributed by atoms with Crippen molar-refractivity contribution in [3.63, 3.8) is 0 Å². The largest absolute Gasteiger partial charge is 0.478 e. The molecular formula is C19H22N2O4. The minimum absolute atomic E-state index is 0.199. The minimum atomic E-state index is -0.989. The lowest BCUT2D eigenvalue weighted by molar-refractivity contribution is -0.124. The molecule has 1 amide bonds. The Morgan fingerprint density at radius 3 is 2.44 bits per heavy atom. The highest BCUT2D eigenvalue weighted by Crippen LogP contribution is 2.13. The van der Waals surface area contributed by atoms with E-state index in [9.17, 15) is 14.4 Å². The molecule has 0 saturated carbocycles. The Kier molecular flexibility index (Phi) is 6.11. The van der Waals surface area contributed by atoms with Crippen LogP contribution in [0.1, 0.15) is 47.3 Å². The molecule has 1 unspecified atom stereocenters. The highest BCUT2D eigenvalue weighted by molar-refractivity contribution is 5.87. The SMILES string of the molecule is CCCC(C(=O)NCc1ccc(C(=O)O)cc1)n1cc(C)ccc1=O. The molecule has 132 valence electrons. The first-order chi connectivity index (χ1) is 11.9. The van der Waals surface area contributed by atoms with Crippen LogP contribution in [0.3, 0.4) is 0 Å². The number of aromatic carboxylic acids is 1. The van der Waals surface area contributed by atoms with Gasteiger partial charge in [0.25, 0.3) is 5.56 Å². The topological polar surface area (TPSA) is 88.4 Å².